The molecule has 1 aromatic rings. The van der Waals surface area contributed by atoms with Crippen LogP contribution in [0.25, 0.3) is 0 Å². The fraction of sp³-hybridized carbons (Fsp3) is 0.385. The van der Waals surface area contributed by atoms with Crippen LogP contribution in [0.3, 0.4) is 0 Å². The monoisotopic (exact) mass is 279 g/mol. The summed E-state index contributed by atoms with van der Waals surface area (Å²) in [6.45, 7) is 3.37. The molecule has 19 heavy (non-hydrogen) atoms. The van der Waals surface area contributed by atoms with Gasteiger partial charge in [-0.3, -0.25) is 9.69 Å². The van der Waals surface area contributed by atoms with Gasteiger partial charge in [-0.1, -0.05) is 12.2 Å². The van der Waals surface area contributed by atoms with E-state index in [1.807, 2.05) is 0 Å². The summed E-state index contributed by atoms with van der Waals surface area (Å²) in [6.07, 6.45) is 0. The van der Waals surface area contributed by atoms with Gasteiger partial charge in [0.2, 0.25) is 5.91 Å². The zero-order valence-corrected chi connectivity index (χ0v) is 11.4. The molecule has 1 fully saturated rings. The van der Waals surface area contributed by atoms with Crippen molar-refractivity contribution in [2.75, 3.05) is 38.2 Å². The lowest BCUT2D eigenvalue weighted by molar-refractivity contribution is -0.118. The molecule has 0 saturated carbocycles. The van der Waals surface area contributed by atoms with Crippen LogP contribution >= 0.6 is 12.2 Å². The van der Waals surface area contributed by atoms with Crippen LogP contribution in [0.1, 0.15) is 5.56 Å². The normalized spacial score (nSPS) is 16.0. The number of benzene rings is 1. The third-order valence-electron chi connectivity index (χ3n) is 2.92. The van der Waals surface area contributed by atoms with E-state index >= 15 is 0 Å². The summed E-state index contributed by atoms with van der Waals surface area (Å²) in [6, 6.07) is 7.19. The Balaban J connectivity index is 1.85. The maximum absolute atomic E-state index is 11.9. The number of anilines is 1. The molecule has 1 heterocycles. The Morgan fingerprint density at radius 3 is 2.53 bits per heavy atom. The molecule has 0 spiro atoms. The predicted molar refractivity (Wildman–Crippen MR) is 78.2 cm³/mol. The van der Waals surface area contributed by atoms with Gasteiger partial charge in [-0.25, -0.2) is 0 Å². The van der Waals surface area contributed by atoms with Crippen molar-refractivity contribution in [3.63, 3.8) is 0 Å². The number of nitrogens with two attached hydrogens (primary N) is 1. The molecule has 0 radical (unpaired) electrons. The maximum atomic E-state index is 11.9. The highest BCUT2D eigenvalue weighted by Crippen LogP contribution is 2.09. The molecule has 0 atom stereocenters. The number of carbonyl (C=O) groups is 1. The van der Waals surface area contributed by atoms with E-state index in [2.05, 4.69) is 10.2 Å². The molecule has 0 aromatic heterocycles. The Bertz CT molecular complexity index is 455. The molecule has 5 nitrogen and oxygen atoms in total. The van der Waals surface area contributed by atoms with Crippen molar-refractivity contribution in [1.29, 1.82) is 0 Å². The predicted octanol–water partition coefficient (Wildman–Crippen LogP) is 0.591. The Labute approximate surface area is 117 Å². The first-order valence-electron chi connectivity index (χ1n) is 6.15. The molecular weight excluding hydrogens is 262 g/mol. The minimum Gasteiger partial charge on any atom is -0.389 e. The van der Waals surface area contributed by atoms with Gasteiger partial charge >= 0.3 is 0 Å². The van der Waals surface area contributed by atoms with Crippen LogP contribution in [0.4, 0.5) is 5.69 Å². The fourth-order valence-electron chi connectivity index (χ4n) is 1.88. The molecule has 2 rings (SSSR count). The number of nitrogens with zero attached hydrogens (tertiary/aromatic N) is 1. The minimum atomic E-state index is -0.0232. The second kappa shape index (κ2) is 6.60. The summed E-state index contributed by atoms with van der Waals surface area (Å²) >= 11 is 4.87. The van der Waals surface area contributed by atoms with Gasteiger partial charge in [-0.05, 0) is 24.3 Å². The number of carbonyl (C=O) groups excluding carboxylic acids is 1. The lowest BCUT2D eigenvalue weighted by Crippen LogP contribution is -2.41. The van der Waals surface area contributed by atoms with Crippen molar-refractivity contribution in [3.8, 4) is 0 Å². The Morgan fingerprint density at radius 1 is 1.32 bits per heavy atom. The van der Waals surface area contributed by atoms with Crippen molar-refractivity contribution >= 4 is 28.8 Å². The number of rotatable bonds is 4. The first-order chi connectivity index (χ1) is 9.15. The van der Waals surface area contributed by atoms with Crippen LogP contribution in [0.5, 0.6) is 0 Å². The summed E-state index contributed by atoms with van der Waals surface area (Å²) in [5.74, 6) is -0.0232. The number of hydrogen-bond donors (Lipinski definition) is 2. The van der Waals surface area contributed by atoms with Crippen LogP contribution < -0.4 is 11.1 Å². The van der Waals surface area contributed by atoms with E-state index in [0.717, 1.165) is 24.3 Å². The van der Waals surface area contributed by atoms with Crippen molar-refractivity contribution in [2.45, 2.75) is 0 Å². The second-order valence-corrected chi connectivity index (χ2v) is 4.82. The van der Waals surface area contributed by atoms with E-state index in [1.165, 1.54) is 0 Å². The van der Waals surface area contributed by atoms with Crippen molar-refractivity contribution in [3.05, 3.63) is 29.8 Å². The molecule has 0 bridgehead atoms. The van der Waals surface area contributed by atoms with Crippen LogP contribution in [-0.4, -0.2) is 48.6 Å². The third-order valence-corrected chi connectivity index (χ3v) is 3.16. The topological polar surface area (TPSA) is 67.6 Å². The average molecular weight is 279 g/mol. The minimum absolute atomic E-state index is 0.0232. The van der Waals surface area contributed by atoms with E-state index in [0.29, 0.717) is 24.7 Å². The maximum Gasteiger partial charge on any atom is 0.238 e. The summed E-state index contributed by atoms with van der Waals surface area (Å²) in [5.41, 5.74) is 7.06. The molecule has 0 unspecified atom stereocenters. The van der Waals surface area contributed by atoms with Gasteiger partial charge in [0.1, 0.15) is 4.99 Å². The molecule has 0 aliphatic carbocycles. The van der Waals surface area contributed by atoms with Gasteiger partial charge in [0, 0.05) is 24.3 Å². The second-order valence-electron chi connectivity index (χ2n) is 4.38. The molecule has 6 heteroatoms. The van der Waals surface area contributed by atoms with Gasteiger partial charge in [-0.15, -0.1) is 0 Å². The Kier molecular flexibility index (Phi) is 4.84. The van der Waals surface area contributed by atoms with Gasteiger partial charge in [0.25, 0.3) is 0 Å². The van der Waals surface area contributed by atoms with E-state index in [9.17, 15) is 4.79 Å². The van der Waals surface area contributed by atoms with E-state index in [1.54, 1.807) is 24.3 Å². The molecule has 1 aromatic carbocycles. The highest BCUT2D eigenvalue weighted by atomic mass is 32.1. The molecule has 3 N–H and O–H groups in total. The average Bonchev–Trinajstić information content (AvgIpc) is 2.40. The zero-order chi connectivity index (χ0) is 13.7. The van der Waals surface area contributed by atoms with Crippen molar-refractivity contribution in [2.24, 2.45) is 5.73 Å². The largest absolute Gasteiger partial charge is 0.389 e. The lowest BCUT2D eigenvalue weighted by Gasteiger charge is -2.25. The number of morpholine rings is 1. The fourth-order valence-corrected chi connectivity index (χ4v) is 2.02. The quantitative estimate of drug-likeness (QED) is 0.790. The summed E-state index contributed by atoms with van der Waals surface area (Å²) in [4.78, 5) is 14.3. The van der Waals surface area contributed by atoms with Gasteiger partial charge in [0.15, 0.2) is 0 Å². The van der Waals surface area contributed by atoms with Gasteiger partial charge in [-0.2, -0.15) is 0 Å². The zero-order valence-electron chi connectivity index (χ0n) is 10.6. The van der Waals surface area contributed by atoms with E-state index in [4.69, 9.17) is 22.7 Å². The highest BCUT2D eigenvalue weighted by Gasteiger charge is 2.14. The van der Waals surface area contributed by atoms with Crippen LogP contribution in [0, 0.1) is 0 Å². The lowest BCUT2D eigenvalue weighted by atomic mass is 10.2. The number of nitrogens with one attached hydrogen (secondary N) is 1. The van der Waals surface area contributed by atoms with Gasteiger partial charge < -0.3 is 15.8 Å². The summed E-state index contributed by atoms with van der Waals surface area (Å²) < 4.78 is 5.24. The number of hydrogen-bond acceptors (Lipinski definition) is 4. The molecule has 1 aliphatic rings. The molecular formula is C13H17N3O2S. The number of amides is 1. The Morgan fingerprint density at radius 2 is 1.95 bits per heavy atom. The number of ether oxygens (including phenoxy) is 1. The van der Waals surface area contributed by atoms with Gasteiger partial charge in [0.05, 0.1) is 19.8 Å². The van der Waals surface area contributed by atoms with Crippen LogP contribution in [0.15, 0.2) is 24.3 Å². The third kappa shape index (κ3) is 4.27. The summed E-state index contributed by atoms with van der Waals surface area (Å²) in [7, 11) is 0. The van der Waals surface area contributed by atoms with Crippen molar-refractivity contribution < 1.29 is 9.53 Å². The standard InChI is InChI=1S/C13H17N3O2S/c14-13(19)10-1-3-11(4-2-10)15-12(17)9-16-5-7-18-8-6-16/h1-4H,5-9H2,(H2,14,19)(H,15,17). The van der Waals surface area contributed by atoms with E-state index < -0.39 is 0 Å². The SMILES string of the molecule is NC(=S)c1ccc(NC(=O)CN2CCOCC2)cc1. The molecule has 1 saturated heterocycles. The Hall–Kier alpha value is -1.50. The van der Waals surface area contributed by atoms with Crippen molar-refractivity contribution in [1.82, 2.24) is 4.90 Å². The highest BCUT2D eigenvalue weighted by molar-refractivity contribution is 7.80. The molecule has 102 valence electrons. The molecule has 1 amide bonds. The van der Waals surface area contributed by atoms with E-state index in [-0.39, 0.29) is 5.91 Å². The molecule has 1 aliphatic heterocycles. The first kappa shape index (κ1) is 13.9. The smallest absolute Gasteiger partial charge is 0.238 e. The summed E-state index contributed by atoms with van der Waals surface area (Å²) in [5, 5.41) is 2.85. The van der Waals surface area contributed by atoms with Crippen LogP contribution in [0.2, 0.25) is 0 Å². The van der Waals surface area contributed by atoms with Crippen LogP contribution in [-0.2, 0) is 9.53 Å². The number of thiocarbonyl (C=S) groups is 1. The first-order valence-corrected chi connectivity index (χ1v) is 6.56.